The maximum absolute atomic E-state index is 12.6. The molecule has 0 spiro atoms. The van der Waals surface area contributed by atoms with Crippen LogP contribution in [0.2, 0.25) is 5.02 Å². The summed E-state index contributed by atoms with van der Waals surface area (Å²) >= 11 is 5.42. The summed E-state index contributed by atoms with van der Waals surface area (Å²) in [6, 6.07) is 10.2. The van der Waals surface area contributed by atoms with Crippen LogP contribution in [0.15, 0.2) is 48.8 Å². The minimum atomic E-state index is -0.426. The number of hydrogen-bond acceptors (Lipinski definition) is 2. The van der Waals surface area contributed by atoms with Crippen molar-refractivity contribution in [2.45, 2.75) is 37.9 Å². The molecule has 1 aromatic carbocycles. The molecule has 2 bridgehead atoms. The normalized spacial score (nSPS) is 20.0. The van der Waals surface area contributed by atoms with E-state index in [0.717, 1.165) is 0 Å². The zero-order valence-corrected chi connectivity index (χ0v) is 18.0. The molecule has 1 aromatic heterocycles. The number of pyridine rings is 1. The van der Waals surface area contributed by atoms with Gasteiger partial charge in [0.2, 0.25) is 0 Å². The van der Waals surface area contributed by atoms with Crippen molar-refractivity contribution in [2.75, 3.05) is 7.05 Å². The molecular formula is C18H21ClFKN2O. The van der Waals surface area contributed by atoms with E-state index < -0.39 is 5.82 Å². The zero-order chi connectivity index (χ0) is 16.5. The molecule has 3 nitrogen and oxygen atoms in total. The van der Waals surface area contributed by atoms with E-state index in [2.05, 4.69) is 10.3 Å². The standard InChI is InChI=1S/C7H6ClFN.C6H10O.C5H5N.K/c1-10-5-2-3-6(8)7(9)4-5;1-2-6-4-3-5(1)7-6;1-2-4-6-5-3-1;/h2-4H,1H3;5-6H,1-4H2;1-5H;/q-1;;;+1. The smallest absolute Gasteiger partial charge is 0.687 e. The average molecular weight is 375 g/mol. The first-order valence-electron chi connectivity index (χ1n) is 7.74. The fourth-order valence-electron chi connectivity index (χ4n) is 2.51. The number of rotatable bonds is 1. The Morgan fingerprint density at radius 1 is 1.08 bits per heavy atom. The Hall–Kier alpha value is -0.0136. The van der Waals surface area contributed by atoms with E-state index in [-0.39, 0.29) is 56.4 Å². The summed E-state index contributed by atoms with van der Waals surface area (Å²) < 4.78 is 18.0. The number of aromatic nitrogens is 1. The van der Waals surface area contributed by atoms with Crippen molar-refractivity contribution in [1.29, 1.82) is 0 Å². The molecule has 0 amide bonds. The molecule has 2 aliphatic heterocycles. The quantitative estimate of drug-likeness (QED) is 0.719. The first kappa shape index (κ1) is 22.0. The van der Waals surface area contributed by atoms with Crippen LogP contribution in [0.1, 0.15) is 25.7 Å². The Labute approximate surface area is 190 Å². The van der Waals surface area contributed by atoms with Gasteiger partial charge in [-0.15, -0.1) is 12.7 Å². The Morgan fingerprint density at radius 2 is 1.67 bits per heavy atom. The Morgan fingerprint density at radius 3 is 1.96 bits per heavy atom. The predicted octanol–water partition coefficient (Wildman–Crippen LogP) is 2.53. The van der Waals surface area contributed by atoms with Gasteiger partial charge < -0.3 is 10.1 Å². The molecule has 2 saturated heterocycles. The van der Waals surface area contributed by atoms with Crippen LogP contribution in [-0.2, 0) is 4.74 Å². The van der Waals surface area contributed by atoms with Gasteiger partial charge >= 0.3 is 51.4 Å². The van der Waals surface area contributed by atoms with E-state index in [4.69, 9.17) is 16.3 Å². The largest absolute Gasteiger partial charge is 1.00 e. The molecule has 6 heteroatoms. The van der Waals surface area contributed by atoms with Gasteiger partial charge in [0.15, 0.2) is 0 Å². The molecule has 0 aliphatic carbocycles. The number of benzene rings is 1. The molecule has 24 heavy (non-hydrogen) atoms. The monoisotopic (exact) mass is 374 g/mol. The first-order chi connectivity index (χ1) is 11.2. The fraction of sp³-hybridized carbons (Fsp3) is 0.389. The van der Waals surface area contributed by atoms with Crippen molar-refractivity contribution in [3.8, 4) is 0 Å². The van der Waals surface area contributed by atoms with E-state index in [1.165, 1.54) is 37.8 Å². The third kappa shape index (κ3) is 7.91. The second kappa shape index (κ2) is 12.4. The molecule has 0 radical (unpaired) electrons. The first-order valence-corrected chi connectivity index (χ1v) is 8.12. The van der Waals surface area contributed by atoms with Crippen LogP contribution in [0, 0.1) is 5.82 Å². The minimum Gasteiger partial charge on any atom is -0.687 e. The van der Waals surface area contributed by atoms with Crippen LogP contribution in [0.3, 0.4) is 0 Å². The van der Waals surface area contributed by atoms with Gasteiger partial charge in [-0.25, -0.2) is 4.39 Å². The molecule has 2 aromatic rings. The molecule has 0 N–H and O–H groups in total. The van der Waals surface area contributed by atoms with Gasteiger partial charge in [0, 0.05) is 12.4 Å². The van der Waals surface area contributed by atoms with Crippen molar-refractivity contribution in [1.82, 2.24) is 4.98 Å². The van der Waals surface area contributed by atoms with Crippen LogP contribution >= 0.6 is 11.6 Å². The van der Waals surface area contributed by atoms with Crippen LogP contribution in [-0.4, -0.2) is 24.2 Å². The maximum Gasteiger partial charge on any atom is 1.00 e. The molecule has 2 aliphatic rings. The van der Waals surface area contributed by atoms with Gasteiger partial charge in [-0.2, -0.15) is 0 Å². The molecule has 0 saturated carbocycles. The molecule has 2 fully saturated rings. The summed E-state index contributed by atoms with van der Waals surface area (Å²) in [5.41, 5.74) is 0.599. The number of hydrogen-bond donors (Lipinski definition) is 0. The van der Waals surface area contributed by atoms with Crippen molar-refractivity contribution in [2.24, 2.45) is 0 Å². The van der Waals surface area contributed by atoms with Crippen molar-refractivity contribution in [3.05, 3.63) is 64.9 Å². The maximum atomic E-state index is 12.6. The molecule has 4 rings (SSSR count). The van der Waals surface area contributed by atoms with Gasteiger partial charge in [0.1, 0.15) is 5.82 Å². The third-order valence-electron chi connectivity index (χ3n) is 3.73. The van der Waals surface area contributed by atoms with E-state index in [0.29, 0.717) is 17.9 Å². The Kier molecular flexibility index (Phi) is 11.3. The Bertz CT molecular complexity index is 544. The second-order valence-electron chi connectivity index (χ2n) is 5.38. The van der Waals surface area contributed by atoms with Crippen LogP contribution in [0.25, 0.3) is 5.32 Å². The SMILES string of the molecule is C1CC2CCC1O2.C[N-]c1ccc(Cl)c(F)c1.[K+].c1ccncc1. The summed E-state index contributed by atoms with van der Waals surface area (Å²) in [4.78, 5) is 3.78. The van der Waals surface area contributed by atoms with Crippen LogP contribution in [0.4, 0.5) is 10.1 Å². The molecule has 3 heterocycles. The van der Waals surface area contributed by atoms with E-state index in [1.54, 1.807) is 25.5 Å². The van der Waals surface area contributed by atoms with Crippen molar-refractivity contribution in [3.63, 3.8) is 0 Å². The summed E-state index contributed by atoms with van der Waals surface area (Å²) in [5.74, 6) is -0.426. The second-order valence-corrected chi connectivity index (χ2v) is 5.79. The van der Waals surface area contributed by atoms with Crippen molar-refractivity contribution >= 4 is 17.3 Å². The van der Waals surface area contributed by atoms with E-state index in [1.807, 2.05) is 18.2 Å². The fourth-order valence-corrected chi connectivity index (χ4v) is 2.63. The van der Waals surface area contributed by atoms with Crippen LogP contribution in [0.5, 0.6) is 0 Å². The average Bonchev–Trinajstić information content (AvgIpc) is 3.26. The number of fused-ring (bicyclic) bond motifs is 2. The summed E-state index contributed by atoms with van der Waals surface area (Å²) in [6.45, 7) is 0. The summed E-state index contributed by atoms with van der Waals surface area (Å²) in [6.07, 6.45) is 10.2. The third-order valence-corrected chi connectivity index (χ3v) is 4.04. The predicted molar refractivity (Wildman–Crippen MR) is 91.7 cm³/mol. The van der Waals surface area contributed by atoms with Gasteiger partial charge in [-0.1, -0.05) is 23.7 Å². The number of nitrogens with zero attached hydrogens (tertiary/aromatic N) is 2. The molecule has 124 valence electrons. The van der Waals surface area contributed by atoms with Gasteiger partial charge in [-0.3, -0.25) is 4.98 Å². The van der Waals surface area contributed by atoms with E-state index >= 15 is 0 Å². The summed E-state index contributed by atoms with van der Waals surface area (Å²) in [5, 5.41) is 3.91. The molecular weight excluding hydrogens is 354 g/mol. The minimum absolute atomic E-state index is 0. The zero-order valence-electron chi connectivity index (χ0n) is 14.2. The van der Waals surface area contributed by atoms with Gasteiger partial charge in [-0.05, 0) is 49.9 Å². The van der Waals surface area contributed by atoms with Crippen LogP contribution < -0.4 is 51.4 Å². The Balaban J connectivity index is 0.000000182. The van der Waals surface area contributed by atoms with Gasteiger partial charge in [0.25, 0.3) is 0 Å². The summed E-state index contributed by atoms with van der Waals surface area (Å²) in [7, 11) is 1.60. The van der Waals surface area contributed by atoms with Crippen molar-refractivity contribution < 1.29 is 60.5 Å². The molecule has 0 atom stereocenters. The molecule has 0 unspecified atom stereocenters. The number of ether oxygens (including phenoxy) is 1. The van der Waals surface area contributed by atoms with E-state index in [9.17, 15) is 4.39 Å². The van der Waals surface area contributed by atoms with Gasteiger partial charge in [0.05, 0.1) is 17.2 Å². The number of halogens is 2. The topological polar surface area (TPSA) is 36.2 Å².